The van der Waals surface area contributed by atoms with Crippen molar-refractivity contribution in [2.75, 3.05) is 9.54 Å². The SMILES string of the molecule is C.C.C[I-]COC(C)=O. The summed E-state index contributed by atoms with van der Waals surface area (Å²) in [6.07, 6.45) is 0. The van der Waals surface area contributed by atoms with Crippen LogP contribution in [0.15, 0.2) is 0 Å². The number of hydrogen-bond acceptors (Lipinski definition) is 2. The molecule has 0 unspecified atom stereocenters. The summed E-state index contributed by atoms with van der Waals surface area (Å²) in [6.45, 7) is 1.43. The van der Waals surface area contributed by atoms with Crippen LogP contribution in [-0.4, -0.2) is 15.5 Å². The van der Waals surface area contributed by atoms with Crippen LogP contribution in [0.25, 0.3) is 0 Å². The Kier molecular flexibility index (Phi) is 19.8. The van der Waals surface area contributed by atoms with E-state index in [-0.39, 0.29) is 42.0 Å². The van der Waals surface area contributed by atoms with Gasteiger partial charge < -0.3 is 0 Å². The Labute approximate surface area is 68.2 Å². The molecule has 0 aromatic carbocycles. The van der Waals surface area contributed by atoms with Crippen LogP contribution in [0.1, 0.15) is 21.8 Å². The van der Waals surface area contributed by atoms with Gasteiger partial charge in [-0.1, -0.05) is 14.9 Å². The summed E-state index contributed by atoms with van der Waals surface area (Å²) in [4.78, 5) is 12.1. The number of alkyl halides is 2. The second kappa shape index (κ2) is 11.1. The van der Waals surface area contributed by atoms with E-state index in [9.17, 15) is 4.79 Å². The first kappa shape index (κ1) is 16.1. The van der Waals surface area contributed by atoms with E-state index in [4.69, 9.17) is 0 Å². The molecule has 0 aromatic rings. The van der Waals surface area contributed by atoms with Crippen molar-refractivity contribution in [1.82, 2.24) is 0 Å². The quantitative estimate of drug-likeness (QED) is 0.337. The second-order valence-electron chi connectivity index (χ2n) is 1.01. The molecule has 0 heterocycles. The first-order valence-corrected chi connectivity index (χ1v) is 5.53. The Balaban J connectivity index is -0.000000180. The van der Waals surface area contributed by atoms with Gasteiger partial charge in [-0.15, -0.1) is 0 Å². The summed E-state index contributed by atoms with van der Waals surface area (Å²) in [5, 5.41) is 0. The molecule has 0 radical (unpaired) electrons. The fourth-order valence-electron chi connectivity index (χ4n) is 0.131. The molecule has 0 aliphatic heterocycles. The monoisotopic (exact) mass is 247 g/mol. The van der Waals surface area contributed by atoms with Gasteiger partial charge >= 0.3 is 53.2 Å². The molecule has 0 saturated heterocycles. The molecule has 9 heavy (non-hydrogen) atoms. The molecule has 0 atom stereocenters. The molecule has 0 spiro atoms. The number of halogens is 1. The summed E-state index contributed by atoms with van der Waals surface area (Å²) >= 11 is 0.131. The summed E-state index contributed by atoms with van der Waals surface area (Å²) in [5.41, 5.74) is 0. The molecule has 0 aliphatic carbocycles. The summed E-state index contributed by atoms with van der Waals surface area (Å²) in [6, 6.07) is 0. The van der Waals surface area contributed by atoms with E-state index >= 15 is 0 Å². The Morgan fingerprint density at radius 2 is 2.00 bits per heavy atom. The molecular formula is C6H16IO2-. The van der Waals surface area contributed by atoms with Crippen LogP contribution < -0.4 is 21.2 Å². The predicted molar refractivity (Wildman–Crippen MR) is 36.0 cm³/mol. The van der Waals surface area contributed by atoms with E-state index in [1.807, 2.05) is 0 Å². The number of esters is 1. The zero-order valence-corrected chi connectivity index (χ0v) is 6.56. The van der Waals surface area contributed by atoms with Crippen LogP contribution in [0.3, 0.4) is 0 Å². The van der Waals surface area contributed by atoms with Crippen molar-refractivity contribution in [3.05, 3.63) is 0 Å². The van der Waals surface area contributed by atoms with Gasteiger partial charge in [-0.3, -0.25) is 0 Å². The molecule has 0 rings (SSSR count). The summed E-state index contributed by atoms with van der Waals surface area (Å²) in [7, 11) is 0. The first-order chi connectivity index (χ1) is 3.27. The van der Waals surface area contributed by atoms with Crippen LogP contribution in [0.2, 0.25) is 0 Å². The van der Waals surface area contributed by atoms with Crippen LogP contribution in [-0.2, 0) is 9.53 Å². The zero-order chi connectivity index (χ0) is 5.70. The molecule has 0 aromatic heterocycles. The molecule has 60 valence electrons. The normalized spacial score (nSPS) is 6.89. The van der Waals surface area contributed by atoms with Gasteiger partial charge in [-0.2, -0.15) is 0 Å². The van der Waals surface area contributed by atoms with Crippen molar-refractivity contribution < 1.29 is 30.7 Å². The van der Waals surface area contributed by atoms with Crippen LogP contribution in [0, 0.1) is 0 Å². The third-order valence-corrected chi connectivity index (χ3v) is 1.30. The van der Waals surface area contributed by atoms with Gasteiger partial charge in [0.05, 0.1) is 0 Å². The molecule has 0 amide bonds. The minimum atomic E-state index is -0.165. The Morgan fingerprint density at radius 3 is 2.11 bits per heavy atom. The van der Waals surface area contributed by atoms with E-state index in [2.05, 4.69) is 9.67 Å². The first-order valence-electron chi connectivity index (χ1n) is 1.84. The van der Waals surface area contributed by atoms with Crippen molar-refractivity contribution in [3.63, 3.8) is 0 Å². The standard InChI is InChI=1S/C4H8IO2.2CH4/c1-4(6)7-3-5-2;;/h3H2,1-2H3;2*1H4/q-1;;. The fourth-order valence-corrected chi connectivity index (χ4v) is 0.881. The van der Waals surface area contributed by atoms with Crippen molar-refractivity contribution in [2.45, 2.75) is 21.8 Å². The molecule has 0 saturated carbocycles. The van der Waals surface area contributed by atoms with Gasteiger partial charge in [0, 0.05) is 0 Å². The fraction of sp³-hybridized carbons (Fsp3) is 0.833. The topological polar surface area (TPSA) is 26.3 Å². The van der Waals surface area contributed by atoms with Gasteiger partial charge in [0.15, 0.2) is 0 Å². The van der Waals surface area contributed by atoms with E-state index in [1.165, 1.54) is 6.92 Å². The third-order valence-electron chi connectivity index (χ3n) is 0.367. The number of carbonyl (C=O) groups excluding carboxylic acids is 1. The van der Waals surface area contributed by atoms with E-state index in [1.54, 1.807) is 0 Å². The number of hydrogen-bond donors (Lipinski definition) is 0. The van der Waals surface area contributed by atoms with Gasteiger partial charge in [0.25, 0.3) is 0 Å². The maximum absolute atomic E-state index is 10.00. The average Bonchev–Trinajstić information content (AvgIpc) is 1.61. The molecule has 0 bridgehead atoms. The molecular weight excluding hydrogens is 231 g/mol. The zero-order valence-electron chi connectivity index (χ0n) is 4.40. The minimum absolute atomic E-state index is 0. The summed E-state index contributed by atoms with van der Waals surface area (Å²) < 4.78 is 5.26. The number of ether oxygens (including phenoxy) is 1. The van der Waals surface area contributed by atoms with Gasteiger partial charge in [-0.25, -0.2) is 0 Å². The molecule has 0 N–H and O–H groups in total. The van der Waals surface area contributed by atoms with Crippen molar-refractivity contribution in [2.24, 2.45) is 0 Å². The molecule has 0 fully saturated rings. The second-order valence-corrected chi connectivity index (χ2v) is 3.16. The van der Waals surface area contributed by atoms with Gasteiger partial charge in [0.1, 0.15) is 0 Å². The maximum atomic E-state index is 10.00. The Bertz CT molecular complexity index is 64.1. The van der Waals surface area contributed by atoms with E-state index < -0.39 is 0 Å². The Hall–Kier alpha value is 0.200. The molecule has 0 aliphatic rings. The van der Waals surface area contributed by atoms with Gasteiger partial charge in [0.2, 0.25) is 0 Å². The van der Waals surface area contributed by atoms with Crippen LogP contribution in [0.5, 0.6) is 0 Å². The predicted octanol–water partition coefficient (Wildman–Crippen LogP) is -1.50. The van der Waals surface area contributed by atoms with Crippen LogP contribution >= 0.6 is 0 Å². The van der Waals surface area contributed by atoms with Crippen molar-refractivity contribution >= 4 is 5.97 Å². The van der Waals surface area contributed by atoms with Crippen molar-refractivity contribution in [3.8, 4) is 0 Å². The number of rotatable bonds is 2. The van der Waals surface area contributed by atoms with E-state index in [0.717, 1.165) is 0 Å². The molecule has 3 heteroatoms. The molecule has 2 nitrogen and oxygen atoms in total. The van der Waals surface area contributed by atoms with Crippen LogP contribution in [0.4, 0.5) is 0 Å². The Morgan fingerprint density at radius 1 is 1.56 bits per heavy atom. The van der Waals surface area contributed by atoms with Gasteiger partial charge in [-0.05, 0) is 0 Å². The number of carbonyl (C=O) groups is 1. The average molecular weight is 247 g/mol. The van der Waals surface area contributed by atoms with Crippen molar-refractivity contribution in [1.29, 1.82) is 0 Å². The summed E-state index contributed by atoms with van der Waals surface area (Å²) in [5.74, 6) is -0.165. The third kappa shape index (κ3) is 17.9. The van der Waals surface area contributed by atoms with E-state index in [0.29, 0.717) is 4.61 Å².